The van der Waals surface area contributed by atoms with E-state index < -0.39 is 6.09 Å². The summed E-state index contributed by atoms with van der Waals surface area (Å²) in [5.41, 5.74) is 0.830. The van der Waals surface area contributed by atoms with Crippen molar-refractivity contribution in [2.45, 2.75) is 13.0 Å². The van der Waals surface area contributed by atoms with Crippen LogP contribution in [-0.2, 0) is 4.74 Å². The van der Waals surface area contributed by atoms with Crippen molar-refractivity contribution >= 4 is 6.09 Å². The van der Waals surface area contributed by atoms with E-state index in [2.05, 4.69) is 10.1 Å². The van der Waals surface area contributed by atoms with Crippen LogP contribution in [0.2, 0.25) is 0 Å². The first-order chi connectivity index (χ1) is 6.63. The van der Waals surface area contributed by atoms with Crippen LogP contribution in [0.25, 0.3) is 0 Å². The van der Waals surface area contributed by atoms with Crippen molar-refractivity contribution < 1.29 is 13.9 Å². The lowest BCUT2D eigenvalue weighted by atomic mass is 10.1. The van der Waals surface area contributed by atoms with Crippen LogP contribution >= 0.6 is 0 Å². The molecule has 0 heterocycles. The molecule has 14 heavy (non-hydrogen) atoms. The van der Waals surface area contributed by atoms with Crippen LogP contribution in [0.5, 0.6) is 0 Å². The number of nitrogens with one attached hydrogen (secondary N) is 1. The van der Waals surface area contributed by atoms with Crippen LogP contribution in [0.4, 0.5) is 9.18 Å². The largest absolute Gasteiger partial charge is 0.453 e. The van der Waals surface area contributed by atoms with Gasteiger partial charge in [0, 0.05) is 0 Å². The fourth-order valence-corrected chi connectivity index (χ4v) is 1.07. The second kappa shape index (κ2) is 4.60. The van der Waals surface area contributed by atoms with Gasteiger partial charge in [-0.05, 0) is 24.6 Å². The standard InChI is InChI=1S/C10H12FNO2/c1-7(12-10(13)14-2)8-3-5-9(11)6-4-8/h3-7H,1-2H3,(H,12,13). The number of rotatable bonds is 2. The van der Waals surface area contributed by atoms with Crippen LogP contribution < -0.4 is 5.32 Å². The summed E-state index contributed by atoms with van der Waals surface area (Å²) < 4.78 is 17.0. The van der Waals surface area contributed by atoms with Crippen molar-refractivity contribution in [3.63, 3.8) is 0 Å². The highest BCUT2D eigenvalue weighted by molar-refractivity contribution is 5.67. The first-order valence-corrected chi connectivity index (χ1v) is 4.23. The number of amides is 1. The van der Waals surface area contributed by atoms with Crippen LogP contribution in [0.15, 0.2) is 24.3 Å². The molecule has 1 aromatic carbocycles. The van der Waals surface area contributed by atoms with Gasteiger partial charge in [-0.1, -0.05) is 12.1 Å². The highest BCUT2D eigenvalue weighted by Crippen LogP contribution is 2.12. The van der Waals surface area contributed by atoms with Crippen LogP contribution in [-0.4, -0.2) is 13.2 Å². The summed E-state index contributed by atoms with van der Waals surface area (Å²) in [7, 11) is 1.30. The highest BCUT2D eigenvalue weighted by Gasteiger charge is 2.08. The van der Waals surface area contributed by atoms with E-state index >= 15 is 0 Å². The smallest absolute Gasteiger partial charge is 0.407 e. The molecule has 0 bridgehead atoms. The summed E-state index contributed by atoms with van der Waals surface area (Å²) in [5.74, 6) is -0.293. The fourth-order valence-electron chi connectivity index (χ4n) is 1.07. The Morgan fingerprint density at radius 1 is 1.43 bits per heavy atom. The summed E-state index contributed by atoms with van der Waals surface area (Å²) >= 11 is 0. The maximum absolute atomic E-state index is 12.6. The molecule has 1 amide bonds. The number of carbonyl (C=O) groups is 1. The van der Waals surface area contributed by atoms with Gasteiger partial charge in [-0.3, -0.25) is 0 Å². The van der Waals surface area contributed by atoms with Gasteiger partial charge in [0.15, 0.2) is 0 Å². The number of alkyl carbamates (subject to hydrolysis) is 1. The lowest BCUT2D eigenvalue weighted by Crippen LogP contribution is -2.26. The van der Waals surface area contributed by atoms with Crippen molar-refractivity contribution in [3.05, 3.63) is 35.6 Å². The van der Waals surface area contributed by atoms with Crippen molar-refractivity contribution in [1.29, 1.82) is 0 Å². The minimum atomic E-state index is -0.498. The van der Waals surface area contributed by atoms with Crippen molar-refractivity contribution in [2.75, 3.05) is 7.11 Å². The molecule has 0 spiro atoms. The number of methoxy groups -OCH3 is 1. The zero-order chi connectivity index (χ0) is 10.6. The Labute approximate surface area is 81.9 Å². The van der Waals surface area contributed by atoms with Crippen molar-refractivity contribution in [3.8, 4) is 0 Å². The number of hydrogen-bond acceptors (Lipinski definition) is 2. The molecule has 0 aliphatic carbocycles. The zero-order valence-corrected chi connectivity index (χ0v) is 8.08. The van der Waals surface area contributed by atoms with Crippen LogP contribution in [0, 0.1) is 5.82 Å². The zero-order valence-electron chi connectivity index (χ0n) is 8.08. The third kappa shape index (κ3) is 2.73. The third-order valence-corrected chi connectivity index (χ3v) is 1.89. The second-order valence-electron chi connectivity index (χ2n) is 2.91. The quantitative estimate of drug-likeness (QED) is 0.789. The van der Waals surface area contributed by atoms with E-state index in [0.717, 1.165) is 5.56 Å². The van der Waals surface area contributed by atoms with E-state index in [9.17, 15) is 9.18 Å². The molecule has 0 saturated carbocycles. The van der Waals surface area contributed by atoms with Gasteiger partial charge >= 0.3 is 6.09 Å². The van der Waals surface area contributed by atoms with Gasteiger partial charge in [0.05, 0.1) is 13.2 Å². The molecule has 1 unspecified atom stereocenters. The normalized spacial score (nSPS) is 11.9. The van der Waals surface area contributed by atoms with Gasteiger partial charge in [0.2, 0.25) is 0 Å². The first kappa shape index (κ1) is 10.5. The molecule has 0 aromatic heterocycles. The van der Waals surface area contributed by atoms with E-state index in [1.807, 2.05) is 0 Å². The van der Waals surface area contributed by atoms with Crippen molar-refractivity contribution in [1.82, 2.24) is 5.32 Å². The maximum Gasteiger partial charge on any atom is 0.407 e. The number of carbonyl (C=O) groups excluding carboxylic acids is 1. The molecule has 1 N–H and O–H groups in total. The molecular weight excluding hydrogens is 185 g/mol. The number of halogens is 1. The summed E-state index contributed by atoms with van der Waals surface area (Å²) in [5, 5.41) is 2.58. The van der Waals surface area contributed by atoms with E-state index in [-0.39, 0.29) is 11.9 Å². The van der Waals surface area contributed by atoms with E-state index in [1.165, 1.54) is 19.2 Å². The Morgan fingerprint density at radius 2 is 2.00 bits per heavy atom. The average Bonchev–Trinajstić information content (AvgIpc) is 2.18. The molecule has 0 aliphatic heterocycles. The molecule has 0 fully saturated rings. The Kier molecular flexibility index (Phi) is 3.45. The topological polar surface area (TPSA) is 38.3 Å². The van der Waals surface area contributed by atoms with Crippen LogP contribution in [0.1, 0.15) is 18.5 Å². The molecule has 76 valence electrons. The Hall–Kier alpha value is -1.58. The molecule has 1 rings (SSSR count). The molecular formula is C10H12FNO2. The van der Waals surface area contributed by atoms with Gasteiger partial charge in [-0.2, -0.15) is 0 Å². The van der Waals surface area contributed by atoms with Crippen LogP contribution in [0.3, 0.4) is 0 Å². The molecule has 1 atom stereocenters. The van der Waals surface area contributed by atoms with Gasteiger partial charge in [-0.25, -0.2) is 9.18 Å². The monoisotopic (exact) mass is 197 g/mol. The average molecular weight is 197 g/mol. The Bertz CT molecular complexity index is 310. The number of ether oxygens (including phenoxy) is 1. The molecule has 0 aliphatic rings. The predicted octanol–water partition coefficient (Wildman–Crippen LogP) is 2.24. The predicted molar refractivity (Wildman–Crippen MR) is 50.4 cm³/mol. The SMILES string of the molecule is COC(=O)NC(C)c1ccc(F)cc1. The number of hydrogen-bond donors (Lipinski definition) is 1. The highest BCUT2D eigenvalue weighted by atomic mass is 19.1. The Balaban J connectivity index is 2.65. The van der Waals surface area contributed by atoms with E-state index in [1.54, 1.807) is 19.1 Å². The fraction of sp³-hybridized carbons (Fsp3) is 0.300. The lowest BCUT2D eigenvalue weighted by molar-refractivity contribution is 0.167. The van der Waals surface area contributed by atoms with E-state index in [4.69, 9.17) is 0 Å². The van der Waals surface area contributed by atoms with Gasteiger partial charge in [-0.15, -0.1) is 0 Å². The summed E-state index contributed by atoms with van der Waals surface area (Å²) in [6.07, 6.45) is -0.498. The Morgan fingerprint density at radius 3 is 2.50 bits per heavy atom. The summed E-state index contributed by atoms with van der Waals surface area (Å²) in [6, 6.07) is 5.75. The summed E-state index contributed by atoms with van der Waals surface area (Å²) in [6.45, 7) is 1.80. The molecule has 3 nitrogen and oxygen atoms in total. The third-order valence-electron chi connectivity index (χ3n) is 1.89. The lowest BCUT2D eigenvalue weighted by Gasteiger charge is -2.12. The van der Waals surface area contributed by atoms with Gasteiger partial charge in [0.1, 0.15) is 5.82 Å². The molecule has 1 aromatic rings. The number of benzene rings is 1. The second-order valence-corrected chi connectivity index (χ2v) is 2.91. The first-order valence-electron chi connectivity index (χ1n) is 4.23. The maximum atomic E-state index is 12.6. The summed E-state index contributed by atoms with van der Waals surface area (Å²) in [4.78, 5) is 10.9. The van der Waals surface area contributed by atoms with Gasteiger partial charge in [0.25, 0.3) is 0 Å². The molecule has 0 radical (unpaired) electrons. The van der Waals surface area contributed by atoms with E-state index in [0.29, 0.717) is 0 Å². The minimum Gasteiger partial charge on any atom is -0.453 e. The molecule has 4 heteroatoms. The minimum absolute atomic E-state index is 0.192. The van der Waals surface area contributed by atoms with Gasteiger partial charge < -0.3 is 10.1 Å². The van der Waals surface area contributed by atoms with Crippen molar-refractivity contribution in [2.24, 2.45) is 0 Å². The molecule has 0 saturated heterocycles.